The van der Waals surface area contributed by atoms with E-state index in [1.165, 1.54) is 24.2 Å². The summed E-state index contributed by atoms with van der Waals surface area (Å²) in [5.74, 6) is 0.328. The second-order valence-corrected chi connectivity index (χ2v) is 7.05. The lowest BCUT2D eigenvalue weighted by molar-refractivity contribution is 0.0628. The van der Waals surface area contributed by atoms with E-state index in [-0.39, 0.29) is 17.3 Å². The Hall–Kier alpha value is -2.44. The minimum atomic E-state index is -0.436. The van der Waals surface area contributed by atoms with E-state index in [9.17, 15) is 14.4 Å². The van der Waals surface area contributed by atoms with Gasteiger partial charge in [0.15, 0.2) is 0 Å². The molecule has 134 valence electrons. The zero-order valence-corrected chi connectivity index (χ0v) is 15.2. The number of aromatic nitrogens is 3. The van der Waals surface area contributed by atoms with Gasteiger partial charge in [0.05, 0.1) is 10.9 Å². The first-order chi connectivity index (χ1) is 11.8. The maximum absolute atomic E-state index is 12.9. The maximum Gasteiger partial charge on any atom is 0.332 e. The Morgan fingerprint density at radius 3 is 2.56 bits per heavy atom. The number of nitrogens with zero attached hydrogens (tertiary/aromatic N) is 4. The molecule has 2 aromatic rings. The minimum absolute atomic E-state index is 0.135. The Bertz CT molecular complexity index is 944. The van der Waals surface area contributed by atoms with Crippen LogP contribution in [-0.2, 0) is 14.1 Å². The van der Waals surface area contributed by atoms with Crippen LogP contribution in [0.5, 0.6) is 0 Å². The molecule has 0 aromatic carbocycles. The molecule has 25 heavy (non-hydrogen) atoms. The second-order valence-electron chi connectivity index (χ2n) is 7.05. The van der Waals surface area contributed by atoms with Gasteiger partial charge >= 0.3 is 5.69 Å². The first-order valence-corrected chi connectivity index (χ1v) is 8.66. The summed E-state index contributed by atoms with van der Waals surface area (Å²) in [5, 5.41) is 0.278. The Morgan fingerprint density at radius 2 is 1.88 bits per heavy atom. The molecule has 0 N–H and O–H groups in total. The third-order valence-electron chi connectivity index (χ3n) is 5.42. The topological polar surface area (TPSA) is 77.2 Å². The minimum Gasteiger partial charge on any atom is -0.338 e. The highest BCUT2D eigenvalue weighted by atomic mass is 16.2. The molecule has 7 nitrogen and oxygen atoms in total. The van der Waals surface area contributed by atoms with E-state index < -0.39 is 11.2 Å². The van der Waals surface area contributed by atoms with Gasteiger partial charge in [-0.05, 0) is 24.8 Å². The molecule has 0 spiro atoms. The van der Waals surface area contributed by atoms with Crippen molar-refractivity contribution in [2.45, 2.75) is 38.6 Å². The molecule has 1 fully saturated rings. The van der Waals surface area contributed by atoms with E-state index in [1.807, 2.05) is 7.05 Å². The fourth-order valence-corrected chi connectivity index (χ4v) is 3.81. The summed E-state index contributed by atoms with van der Waals surface area (Å²) in [5.41, 5.74) is -0.201. The van der Waals surface area contributed by atoms with Crippen molar-refractivity contribution >= 4 is 16.9 Å². The molecule has 3 rings (SSSR count). The van der Waals surface area contributed by atoms with Gasteiger partial charge in [-0.2, -0.15) is 0 Å². The van der Waals surface area contributed by atoms with Gasteiger partial charge in [-0.1, -0.05) is 19.8 Å². The van der Waals surface area contributed by atoms with Gasteiger partial charge in [0, 0.05) is 33.4 Å². The summed E-state index contributed by atoms with van der Waals surface area (Å²) in [6.07, 6.45) is 5.92. The summed E-state index contributed by atoms with van der Waals surface area (Å²) < 4.78 is 2.35. The number of fused-ring (bicyclic) bond motifs is 1. The van der Waals surface area contributed by atoms with Gasteiger partial charge in [0.1, 0.15) is 5.65 Å². The number of aryl methyl sites for hydroxylation is 1. The van der Waals surface area contributed by atoms with E-state index in [2.05, 4.69) is 11.9 Å². The summed E-state index contributed by atoms with van der Waals surface area (Å²) in [6.45, 7) is 2.18. The smallest absolute Gasteiger partial charge is 0.332 e. The van der Waals surface area contributed by atoms with Crippen LogP contribution in [0.2, 0.25) is 0 Å². The lowest BCUT2D eigenvalue weighted by Crippen LogP contribution is -2.43. The quantitative estimate of drug-likeness (QED) is 0.822. The number of hydrogen-bond donors (Lipinski definition) is 0. The van der Waals surface area contributed by atoms with Crippen LogP contribution in [0.15, 0.2) is 21.9 Å². The number of rotatable bonds is 2. The summed E-state index contributed by atoms with van der Waals surface area (Å²) in [4.78, 5) is 43.2. The van der Waals surface area contributed by atoms with Gasteiger partial charge in [-0.3, -0.25) is 18.7 Å². The van der Waals surface area contributed by atoms with Crippen LogP contribution in [0, 0.1) is 5.92 Å². The van der Waals surface area contributed by atoms with E-state index in [1.54, 1.807) is 18.0 Å². The van der Waals surface area contributed by atoms with Gasteiger partial charge in [0.2, 0.25) is 0 Å². The summed E-state index contributed by atoms with van der Waals surface area (Å²) in [6, 6.07) is 1.76. The van der Waals surface area contributed by atoms with Crippen molar-refractivity contribution < 1.29 is 4.79 Å². The number of pyridine rings is 1. The van der Waals surface area contributed by atoms with Gasteiger partial charge in [-0.25, -0.2) is 9.78 Å². The zero-order chi connectivity index (χ0) is 18.3. The average molecular weight is 344 g/mol. The van der Waals surface area contributed by atoms with Crippen LogP contribution in [-0.4, -0.2) is 38.0 Å². The fourth-order valence-electron chi connectivity index (χ4n) is 3.81. The largest absolute Gasteiger partial charge is 0.338 e. The third kappa shape index (κ3) is 2.88. The highest BCUT2D eigenvalue weighted by molar-refractivity contribution is 5.96. The Kier molecular flexibility index (Phi) is 4.49. The monoisotopic (exact) mass is 344 g/mol. The predicted molar refractivity (Wildman–Crippen MR) is 95.7 cm³/mol. The molecule has 1 amide bonds. The molecule has 2 aromatic heterocycles. The molecule has 0 aliphatic heterocycles. The first-order valence-electron chi connectivity index (χ1n) is 8.66. The van der Waals surface area contributed by atoms with Crippen molar-refractivity contribution in [2.75, 3.05) is 7.05 Å². The predicted octanol–water partition coefficient (Wildman–Crippen LogP) is 1.28. The van der Waals surface area contributed by atoms with Crippen molar-refractivity contribution in [3.05, 3.63) is 38.7 Å². The van der Waals surface area contributed by atoms with Gasteiger partial charge in [-0.15, -0.1) is 0 Å². The lowest BCUT2D eigenvalue weighted by atomic mass is 9.85. The molecule has 0 bridgehead atoms. The Balaban J connectivity index is 2.03. The number of amides is 1. The molecule has 1 aliphatic carbocycles. The average Bonchev–Trinajstić information content (AvgIpc) is 2.63. The highest BCUT2D eigenvalue weighted by Crippen LogP contribution is 2.28. The first kappa shape index (κ1) is 17.4. The second kappa shape index (κ2) is 6.46. The molecule has 2 unspecified atom stereocenters. The molecule has 2 heterocycles. The van der Waals surface area contributed by atoms with Crippen LogP contribution in [0.1, 0.15) is 43.0 Å². The van der Waals surface area contributed by atoms with Crippen LogP contribution in [0.3, 0.4) is 0 Å². The van der Waals surface area contributed by atoms with Crippen molar-refractivity contribution in [1.29, 1.82) is 0 Å². The van der Waals surface area contributed by atoms with Gasteiger partial charge in [0.25, 0.3) is 11.5 Å². The molecule has 1 saturated carbocycles. The third-order valence-corrected chi connectivity index (χ3v) is 5.42. The lowest BCUT2D eigenvalue weighted by Gasteiger charge is -2.36. The van der Waals surface area contributed by atoms with Gasteiger partial charge < -0.3 is 4.90 Å². The van der Waals surface area contributed by atoms with Crippen molar-refractivity contribution in [2.24, 2.45) is 20.0 Å². The Morgan fingerprint density at radius 1 is 1.20 bits per heavy atom. The summed E-state index contributed by atoms with van der Waals surface area (Å²) >= 11 is 0. The van der Waals surface area contributed by atoms with E-state index in [4.69, 9.17) is 0 Å². The van der Waals surface area contributed by atoms with Crippen LogP contribution in [0.25, 0.3) is 11.0 Å². The normalized spacial score (nSPS) is 20.6. The van der Waals surface area contributed by atoms with Crippen LogP contribution >= 0.6 is 0 Å². The molecule has 1 aliphatic rings. The van der Waals surface area contributed by atoms with Crippen molar-refractivity contribution in [1.82, 2.24) is 19.0 Å². The Labute approximate surface area is 145 Å². The highest BCUT2D eigenvalue weighted by Gasteiger charge is 2.28. The maximum atomic E-state index is 12.9. The zero-order valence-electron chi connectivity index (χ0n) is 15.2. The van der Waals surface area contributed by atoms with Crippen molar-refractivity contribution in [3.8, 4) is 0 Å². The molecule has 0 saturated heterocycles. The number of hydrogen-bond acceptors (Lipinski definition) is 4. The van der Waals surface area contributed by atoms with E-state index in [0.29, 0.717) is 17.1 Å². The molecule has 2 atom stereocenters. The molecule has 0 radical (unpaired) electrons. The number of carbonyl (C=O) groups excluding carboxylic acids is 1. The van der Waals surface area contributed by atoms with E-state index >= 15 is 0 Å². The van der Waals surface area contributed by atoms with Crippen LogP contribution < -0.4 is 11.2 Å². The SMILES string of the molecule is CC1CCCCC1N(C)C(=O)c1cnc2c(c1)c(=O)n(C)c(=O)n2C. The molecule has 7 heteroatoms. The number of carbonyl (C=O) groups is 1. The van der Waals surface area contributed by atoms with Crippen molar-refractivity contribution in [3.63, 3.8) is 0 Å². The fraction of sp³-hybridized carbons (Fsp3) is 0.556. The van der Waals surface area contributed by atoms with Crippen LogP contribution in [0.4, 0.5) is 0 Å². The standard InChI is InChI=1S/C18H24N4O3/c1-11-7-5-6-8-14(11)20(2)16(23)12-9-13-15(19-10-12)21(3)18(25)22(4)17(13)24/h9-11,14H,5-8H2,1-4H3. The summed E-state index contributed by atoms with van der Waals surface area (Å²) in [7, 11) is 4.81. The molecular weight excluding hydrogens is 320 g/mol. The van der Waals surface area contributed by atoms with E-state index in [0.717, 1.165) is 23.8 Å². The molecular formula is C18H24N4O3.